The minimum Gasteiger partial charge on any atom is -0.456 e. The lowest BCUT2D eigenvalue weighted by molar-refractivity contribution is 0.669. The average molecular weight is 620 g/mol. The summed E-state index contributed by atoms with van der Waals surface area (Å²) in [6, 6.07) is 49.4. The van der Waals surface area contributed by atoms with Crippen LogP contribution in [-0.2, 0) is 0 Å². The largest absolute Gasteiger partial charge is 0.456 e. The van der Waals surface area contributed by atoms with E-state index >= 15 is 0 Å². The number of fused-ring (bicyclic) bond motifs is 10. The van der Waals surface area contributed by atoms with Crippen molar-refractivity contribution in [3.05, 3.63) is 140 Å². The Balaban J connectivity index is 1.36. The van der Waals surface area contributed by atoms with Crippen molar-refractivity contribution in [3.8, 4) is 39.6 Å². The van der Waals surface area contributed by atoms with E-state index in [9.17, 15) is 0 Å². The van der Waals surface area contributed by atoms with Crippen molar-refractivity contribution in [2.24, 2.45) is 0 Å². The fourth-order valence-electron chi connectivity index (χ4n) is 7.91. The number of nitrogens with zero attached hydrogens (tertiary/aromatic N) is 3. The van der Waals surface area contributed by atoms with Gasteiger partial charge in [0.15, 0.2) is 5.82 Å². The SMILES string of the molecule is C[Si]1(C)c2ccccc2-c2nc(-c3ccccc3)nc(-c3ccccc3-n3c4ccccc4c4ccc5oc6ccccc6c5c43)c21. The van der Waals surface area contributed by atoms with Gasteiger partial charge in [-0.15, -0.1) is 0 Å². The van der Waals surface area contributed by atoms with Gasteiger partial charge in [-0.25, -0.2) is 9.97 Å². The predicted octanol–water partition coefficient (Wildman–Crippen LogP) is 9.61. The van der Waals surface area contributed by atoms with E-state index in [1.165, 1.54) is 26.7 Å². The standard InChI is InChI=1S/C42H29N3OSi/c1-47(2)36-23-13-9-19-31(36)39-41(47)38(43-42(44-39)26-14-4-3-5-15-26)29-17-7-11-21-33(29)45-32-20-10-6-16-27(32)28-24-25-35-37(40(28)45)30-18-8-12-22-34(30)46-35/h3-25H,1-2H3. The first kappa shape index (κ1) is 26.4. The van der Waals surface area contributed by atoms with Gasteiger partial charge in [0.05, 0.1) is 33.5 Å². The van der Waals surface area contributed by atoms with Crippen LogP contribution in [0.3, 0.4) is 0 Å². The van der Waals surface area contributed by atoms with Crippen molar-refractivity contribution < 1.29 is 4.42 Å². The van der Waals surface area contributed by atoms with Gasteiger partial charge in [0.25, 0.3) is 0 Å². The lowest BCUT2D eigenvalue weighted by Gasteiger charge is -2.23. The zero-order valence-corrected chi connectivity index (χ0v) is 27.0. The van der Waals surface area contributed by atoms with Crippen LogP contribution in [0.2, 0.25) is 13.1 Å². The molecule has 222 valence electrons. The van der Waals surface area contributed by atoms with Crippen molar-refractivity contribution in [1.82, 2.24) is 14.5 Å². The predicted molar refractivity (Wildman–Crippen MR) is 197 cm³/mol. The van der Waals surface area contributed by atoms with Crippen LogP contribution in [0.4, 0.5) is 0 Å². The summed E-state index contributed by atoms with van der Waals surface area (Å²) in [5.41, 5.74) is 10.6. The van der Waals surface area contributed by atoms with E-state index < -0.39 is 8.07 Å². The Morgan fingerprint density at radius 3 is 2.06 bits per heavy atom. The van der Waals surface area contributed by atoms with Crippen LogP contribution in [0.25, 0.3) is 83.3 Å². The quantitative estimate of drug-likeness (QED) is 0.185. The molecule has 9 aromatic rings. The zero-order chi connectivity index (χ0) is 31.3. The summed E-state index contributed by atoms with van der Waals surface area (Å²) < 4.78 is 8.86. The lowest BCUT2D eigenvalue weighted by Crippen LogP contribution is -2.50. The van der Waals surface area contributed by atoms with Crippen molar-refractivity contribution >= 4 is 62.2 Å². The highest BCUT2D eigenvalue weighted by Crippen LogP contribution is 2.43. The molecule has 4 heterocycles. The van der Waals surface area contributed by atoms with Crippen LogP contribution in [0, 0.1) is 0 Å². The van der Waals surface area contributed by atoms with E-state index in [2.05, 4.69) is 145 Å². The highest BCUT2D eigenvalue weighted by Gasteiger charge is 2.42. The van der Waals surface area contributed by atoms with Gasteiger partial charge >= 0.3 is 0 Å². The number of aromatic nitrogens is 3. The molecule has 0 saturated carbocycles. The van der Waals surface area contributed by atoms with Gasteiger partial charge in [0, 0.05) is 27.3 Å². The van der Waals surface area contributed by atoms with E-state index in [-0.39, 0.29) is 0 Å². The van der Waals surface area contributed by atoms with E-state index in [4.69, 9.17) is 14.4 Å². The van der Waals surface area contributed by atoms with E-state index in [1.54, 1.807) is 0 Å². The summed E-state index contributed by atoms with van der Waals surface area (Å²) in [6.07, 6.45) is 0. The monoisotopic (exact) mass is 619 g/mol. The van der Waals surface area contributed by atoms with Gasteiger partial charge in [-0.3, -0.25) is 0 Å². The minimum atomic E-state index is -2.17. The molecule has 10 rings (SSSR count). The lowest BCUT2D eigenvalue weighted by atomic mass is 10.0. The molecule has 0 radical (unpaired) electrons. The molecule has 0 atom stereocenters. The Hall–Kier alpha value is -5.78. The van der Waals surface area contributed by atoms with Crippen LogP contribution >= 0.6 is 0 Å². The first-order valence-corrected chi connectivity index (χ1v) is 19.1. The van der Waals surface area contributed by atoms with Gasteiger partial charge in [0.1, 0.15) is 19.2 Å². The molecule has 0 aliphatic carbocycles. The first-order chi connectivity index (χ1) is 23.1. The molecule has 3 aromatic heterocycles. The molecule has 1 aliphatic rings. The second-order valence-corrected chi connectivity index (χ2v) is 17.2. The molecule has 1 aliphatic heterocycles. The molecule has 0 amide bonds. The second-order valence-electron chi connectivity index (χ2n) is 13.0. The van der Waals surface area contributed by atoms with Gasteiger partial charge in [-0.05, 0) is 46.3 Å². The topological polar surface area (TPSA) is 43.9 Å². The molecule has 0 spiro atoms. The molecule has 47 heavy (non-hydrogen) atoms. The average Bonchev–Trinajstić information content (AvgIpc) is 3.74. The molecule has 0 saturated heterocycles. The fourth-order valence-corrected chi connectivity index (χ4v) is 11.1. The molecular weight excluding hydrogens is 591 g/mol. The Labute approximate surface area is 272 Å². The highest BCUT2D eigenvalue weighted by molar-refractivity contribution is 7.04. The molecule has 6 aromatic carbocycles. The van der Waals surface area contributed by atoms with Gasteiger partial charge < -0.3 is 8.98 Å². The second kappa shape index (κ2) is 9.61. The number of furan rings is 1. The normalized spacial score (nSPS) is 13.5. The smallest absolute Gasteiger partial charge is 0.160 e. The molecule has 0 fully saturated rings. The van der Waals surface area contributed by atoms with Crippen LogP contribution in [0.15, 0.2) is 144 Å². The van der Waals surface area contributed by atoms with Crippen molar-refractivity contribution in [2.45, 2.75) is 13.1 Å². The van der Waals surface area contributed by atoms with Crippen LogP contribution in [0.5, 0.6) is 0 Å². The first-order valence-electron chi connectivity index (χ1n) is 16.1. The Morgan fingerprint density at radius 2 is 1.21 bits per heavy atom. The van der Waals surface area contributed by atoms with Crippen LogP contribution < -0.4 is 10.4 Å². The Bertz CT molecular complexity index is 2720. The van der Waals surface area contributed by atoms with E-state index in [0.717, 1.165) is 67.0 Å². The van der Waals surface area contributed by atoms with Crippen molar-refractivity contribution in [3.63, 3.8) is 0 Å². The molecule has 0 N–H and O–H groups in total. The third kappa shape index (κ3) is 3.63. The molecule has 5 heteroatoms. The summed E-state index contributed by atoms with van der Waals surface area (Å²) in [5, 5.41) is 7.37. The molecule has 0 unspecified atom stereocenters. The zero-order valence-electron chi connectivity index (χ0n) is 26.0. The Kier molecular flexibility index (Phi) is 5.41. The number of benzene rings is 6. The summed E-state index contributed by atoms with van der Waals surface area (Å²) >= 11 is 0. The summed E-state index contributed by atoms with van der Waals surface area (Å²) in [6.45, 7) is 4.88. The fraction of sp³-hybridized carbons (Fsp3) is 0.0476. The van der Waals surface area contributed by atoms with E-state index in [0.29, 0.717) is 0 Å². The number of hydrogen-bond acceptors (Lipinski definition) is 3. The summed E-state index contributed by atoms with van der Waals surface area (Å²) in [5.74, 6) is 0.751. The maximum atomic E-state index is 6.42. The van der Waals surface area contributed by atoms with Crippen LogP contribution in [-0.4, -0.2) is 22.6 Å². The van der Waals surface area contributed by atoms with E-state index in [1.807, 2.05) is 12.1 Å². The number of rotatable bonds is 3. The third-order valence-electron chi connectivity index (χ3n) is 10.00. The number of hydrogen-bond donors (Lipinski definition) is 0. The van der Waals surface area contributed by atoms with Crippen molar-refractivity contribution in [1.29, 1.82) is 0 Å². The highest BCUT2D eigenvalue weighted by atomic mass is 28.3. The minimum absolute atomic E-state index is 0.751. The summed E-state index contributed by atoms with van der Waals surface area (Å²) in [7, 11) is -2.17. The molecule has 0 bridgehead atoms. The van der Waals surface area contributed by atoms with Crippen LogP contribution in [0.1, 0.15) is 0 Å². The maximum Gasteiger partial charge on any atom is 0.160 e. The number of para-hydroxylation sites is 3. The van der Waals surface area contributed by atoms with Gasteiger partial charge in [0.2, 0.25) is 0 Å². The molecule has 4 nitrogen and oxygen atoms in total. The summed E-state index contributed by atoms with van der Waals surface area (Å²) in [4.78, 5) is 10.8. The Morgan fingerprint density at radius 1 is 0.553 bits per heavy atom. The van der Waals surface area contributed by atoms with Gasteiger partial charge in [-0.2, -0.15) is 0 Å². The van der Waals surface area contributed by atoms with Gasteiger partial charge in [-0.1, -0.05) is 122 Å². The van der Waals surface area contributed by atoms with Crippen molar-refractivity contribution in [2.75, 3.05) is 0 Å². The third-order valence-corrected chi connectivity index (χ3v) is 13.5. The maximum absolute atomic E-state index is 6.42. The molecular formula is C42H29N3OSi.